The minimum Gasteiger partial charge on any atom is -0.282 e. The summed E-state index contributed by atoms with van der Waals surface area (Å²) in [5.74, 6) is -0.840. The molecular weight excluding hydrogens is 524 g/mol. The largest absolute Gasteiger partial charge is 0.282 e. The third-order valence-corrected chi connectivity index (χ3v) is 11.4. The van der Waals surface area contributed by atoms with E-state index in [0.29, 0.717) is 13.0 Å². The smallest absolute Gasteiger partial charge is 0.234 e. The molecule has 218 valence electrons. The second-order valence-electron chi connectivity index (χ2n) is 13.9. The van der Waals surface area contributed by atoms with E-state index < -0.39 is 0 Å². The zero-order valence-electron chi connectivity index (χ0n) is 24.5. The van der Waals surface area contributed by atoms with Crippen LogP contribution in [0.5, 0.6) is 0 Å². The molecule has 0 N–H and O–H groups in total. The molecule has 8 unspecified atom stereocenters. The predicted octanol–water partition coefficient (Wildman–Crippen LogP) is 5.41. The van der Waals surface area contributed by atoms with Gasteiger partial charge in [0.2, 0.25) is 23.6 Å². The molecule has 7 rings (SSSR count). The van der Waals surface area contributed by atoms with Crippen LogP contribution in [0, 0.1) is 46.3 Å². The number of allylic oxidation sites excluding steroid dienone is 6. The summed E-state index contributed by atoms with van der Waals surface area (Å²) in [5.41, 5.74) is 2.55. The van der Waals surface area contributed by atoms with Gasteiger partial charge in [-0.05, 0) is 74.8 Å². The molecule has 1 aromatic rings. The van der Waals surface area contributed by atoms with E-state index in [-0.39, 0.29) is 76.5 Å². The first-order valence-electron chi connectivity index (χ1n) is 15.6. The van der Waals surface area contributed by atoms with Gasteiger partial charge in [0.05, 0.1) is 30.2 Å². The molecule has 2 saturated heterocycles. The normalized spacial score (nSPS) is 37.0. The summed E-state index contributed by atoms with van der Waals surface area (Å²) in [5, 5.41) is 0. The number of amides is 4. The first-order valence-corrected chi connectivity index (χ1v) is 15.6. The summed E-state index contributed by atoms with van der Waals surface area (Å²) in [4.78, 5) is 57.2. The van der Waals surface area contributed by atoms with Crippen molar-refractivity contribution < 1.29 is 19.2 Å². The molecule has 6 heteroatoms. The van der Waals surface area contributed by atoms with Crippen LogP contribution in [0.4, 0.5) is 0 Å². The standard InChI is InChI=1S/C36H40N2O4/c1-4-5-13-35-15-10-25(19-35)27-29(35)33(41)37(31(27)39)17-12-23-7-6-8-24(18-23)21-38-32(40)28-26-11-16-36(20-26,14-9-22(2)3)30(28)34(38)42/h4,6-8,10-11,15-16,18,25-30H,1-2,5,9,12-14,17,19-21H2,3H3. The lowest BCUT2D eigenvalue weighted by Crippen LogP contribution is -2.37. The highest BCUT2D eigenvalue weighted by molar-refractivity contribution is 6.07. The lowest BCUT2D eigenvalue weighted by Gasteiger charge is -2.30. The fourth-order valence-corrected chi connectivity index (χ4v) is 9.49. The average Bonchev–Trinajstić information content (AvgIpc) is 3.80. The molecule has 4 amide bonds. The summed E-state index contributed by atoms with van der Waals surface area (Å²) in [6.07, 6.45) is 16.4. The average molecular weight is 565 g/mol. The fourth-order valence-electron chi connectivity index (χ4n) is 9.49. The van der Waals surface area contributed by atoms with Gasteiger partial charge in [0, 0.05) is 17.4 Å². The van der Waals surface area contributed by atoms with Crippen LogP contribution in [-0.2, 0) is 32.1 Å². The monoisotopic (exact) mass is 564 g/mol. The lowest BCUT2D eigenvalue weighted by atomic mass is 9.71. The maximum atomic E-state index is 13.7. The van der Waals surface area contributed by atoms with Crippen LogP contribution in [-0.4, -0.2) is 40.0 Å². The Morgan fingerprint density at radius 2 is 1.48 bits per heavy atom. The molecule has 8 atom stereocenters. The van der Waals surface area contributed by atoms with Gasteiger partial charge < -0.3 is 0 Å². The number of nitrogens with zero attached hydrogens (tertiary/aromatic N) is 2. The third-order valence-electron chi connectivity index (χ3n) is 11.4. The molecular formula is C36H40N2O4. The van der Waals surface area contributed by atoms with E-state index in [2.05, 4.69) is 37.5 Å². The molecule has 0 spiro atoms. The van der Waals surface area contributed by atoms with Gasteiger partial charge in [0.25, 0.3) is 0 Å². The summed E-state index contributed by atoms with van der Waals surface area (Å²) in [7, 11) is 0. The molecule has 4 fully saturated rings. The number of imide groups is 2. The molecule has 42 heavy (non-hydrogen) atoms. The van der Waals surface area contributed by atoms with Gasteiger partial charge in [-0.25, -0.2) is 0 Å². The van der Waals surface area contributed by atoms with Crippen molar-refractivity contribution in [3.63, 3.8) is 0 Å². The number of benzene rings is 1. The topological polar surface area (TPSA) is 74.8 Å². The highest BCUT2D eigenvalue weighted by Crippen LogP contribution is 2.63. The van der Waals surface area contributed by atoms with E-state index >= 15 is 0 Å². The van der Waals surface area contributed by atoms with E-state index in [4.69, 9.17) is 0 Å². The van der Waals surface area contributed by atoms with Crippen LogP contribution in [0.1, 0.15) is 56.6 Å². The van der Waals surface area contributed by atoms with Crippen molar-refractivity contribution in [2.45, 2.75) is 58.4 Å². The van der Waals surface area contributed by atoms with E-state index in [1.54, 1.807) is 0 Å². The van der Waals surface area contributed by atoms with Gasteiger partial charge in [-0.15, -0.1) is 13.2 Å². The molecule has 6 nitrogen and oxygen atoms in total. The molecule has 1 aromatic carbocycles. The van der Waals surface area contributed by atoms with Crippen LogP contribution in [0.2, 0.25) is 0 Å². The minimum atomic E-state index is -0.270. The number of likely N-dealkylation sites (tertiary alicyclic amines) is 2. The van der Waals surface area contributed by atoms with Crippen LogP contribution < -0.4 is 0 Å². The van der Waals surface area contributed by atoms with Gasteiger partial charge in [-0.3, -0.25) is 29.0 Å². The van der Waals surface area contributed by atoms with E-state index in [1.807, 2.05) is 37.3 Å². The Morgan fingerprint density at radius 3 is 2.12 bits per heavy atom. The van der Waals surface area contributed by atoms with Crippen LogP contribution in [0.25, 0.3) is 0 Å². The van der Waals surface area contributed by atoms with E-state index in [1.165, 1.54) is 9.80 Å². The van der Waals surface area contributed by atoms with Crippen LogP contribution >= 0.6 is 0 Å². The molecule has 4 bridgehead atoms. The Hall–Kier alpha value is -3.54. The third kappa shape index (κ3) is 3.90. The Labute approximate surface area is 248 Å². The van der Waals surface area contributed by atoms with Gasteiger partial charge >= 0.3 is 0 Å². The van der Waals surface area contributed by atoms with Crippen LogP contribution in [0.15, 0.2) is 73.4 Å². The number of carbonyl (C=O) groups is 4. The second kappa shape index (κ2) is 9.75. The van der Waals surface area contributed by atoms with Crippen molar-refractivity contribution in [1.29, 1.82) is 0 Å². The fraction of sp³-hybridized carbons (Fsp3) is 0.500. The summed E-state index contributed by atoms with van der Waals surface area (Å²) >= 11 is 0. The van der Waals surface area contributed by atoms with Crippen molar-refractivity contribution in [1.82, 2.24) is 9.80 Å². The zero-order valence-corrected chi connectivity index (χ0v) is 24.5. The molecule has 6 aliphatic rings. The Balaban J connectivity index is 1.02. The molecule has 2 saturated carbocycles. The number of carbonyl (C=O) groups excluding carboxylic acids is 4. The van der Waals surface area contributed by atoms with Crippen molar-refractivity contribution in [2.24, 2.45) is 46.3 Å². The van der Waals surface area contributed by atoms with E-state index in [0.717, 1.165) is 55.2 Å². The second-order valence-corrected chi connectivity index (χ2v) is 13.9. The first kappa shape index (κ1) is 27.3. The Bertz CT molecular complexity index is 1470. The summed E-state index contributed by atoms with van der Waals surface area (Å²) < 4.78 is 0. The van der Waals surface area contributed by atoms with Gasteiger partial charge in [0.1, 0.15) is 0 Å². The number of hydrogen-bond acceptors (Lipinski definition) is 4. The Morgan fingerprint density at radius 1 is 0.881 bits per heavy atom. The molecule has 2 aliphatic heterocycles. The minimum absolute atomic E-state index is 0.0271. The Kier molecular flexibility index (Phi) is 6.34. The summed E-state index contributed by atoms with van der Waals surface area (Å²) in [6, 6.07) is 7.89. The quantitative estimate of drug-likeness (QED) is 0.266. The zero-order chi connectivity index (χ0) is 29.4. The van der Waals surface area contributed by atoms with Crippen LogP contribution in [0.3, 0.4) is 0 Å². The maximum absolute atomic E-state index is 13.7. The number of fused-ring (bicyclic) bond motifs is 10. The number of rotatable bonds is 11. The first-order chi connectivity index (χ1) is 20.2. The van der Waals surface area contributed by atoms with Crippen molar-refractivity contribution in [3.05, 3.63) is 84.5 Å². The van der Waals surface area contributed by atoms with Crippen molar-refractivity contribution >= 4 is 23.6 Å². The molecule has 0 radical (unpaired) electrons. The SMILES string of the molecule is C=CCCC12C=CC(C1)C1C(=O)N(CCc3cccc(CN4C(=O)C5C6C=CC(CCC(=C)C)(C6)C5C4=O)c3)C(=O)C12. The van der Waals surface area contributed by atoms with Gasteiger partial charge in [0.15, 0.2) is 0 Å². The van der Waals surface area contributed by atoms with Gasteiger partial charge in [-0.2, -0.15) is 0 Å². The number of hydrogen-bond donors (Lipinski definition) is 0. The van der Waals surface area contributed by atoms with Gasteiger partial charge in [-0.1, -0.05) is 60.2 Å². The van der Waals surface area contributed by atoms with Crippen molar-refractivity contribution in [2.75, 3.05) is 6.54 Å². The highest BCUT2D eigenvalue weighted by Gasteiger charge is 2.66. The predicted molar refractivity (Wildman–Crippen MR) is 159 cm³/mol. The molecule has 4 aliphatic carbocycles. The lowest BCUT2D eigenvalue weighted by molar-refractivity contribution is -0.143. The highest BCUT2D eigenvalue weighted by atomic mass is 16.2. The maximum Gasteiger partial charge on any atom is 0.234 e. The molecule has 2 heterocycles. The van der Waals surface area contributed by atoms with E-state index in [9.17, 15) is 19.2 Å². The summed E-state index contributed by atoms with van der Waals surface area (Å²) in [6.45, 7) is 10.5. The van der Waals surface area contributed by atoms with Crippen molar-refractivity contribution in [3.8, 4) is 0 Å². The molecule has 0 aromatic heterocycles.